The smallest absolute Gasteiger partial charge is 0.0894 e. The van der Waals surface area contributed by atoms with Crippen LogP contribution in [0.4, 0.5) is 0 Å². The highest BCUT2D eigenvalue weighted by molar-refractivity contribution is 6.52. The average molecular weight is 310 g/mol. The molecule has 114 valence electrons. The van der Waals surface area contributed by atoms with E-state index >= 15 is 0 Å². The van der Waals surface area contributed by atoms with Crippen LogP contribution in [-0.2, 0) is 0 Å². The van der Waals surface area contributed by atoms with Gasteiger partial charge in [-0.1, -0.05) is 6.08 Å². The molecule has 4 aliphatic rings. The Kier molecular flexibility index (Phi) is 2.76. The maximum Gasteiger partial charge on any atom is 0.0894 e. The third kappa shape index (κ3) is 2.34. The van der Waals surface area contributed by atoms with Crippen LogP contribution >= 0.6 is 0 Å². The largest absolute Gasteiger partial charge is 0.355 e. The van der Waals surface area contributed by atoms with Gasteiger partial charge in [0.25, 0.3) is 0 Å². The second-order valence-electron chi connectivity index (χ2n) is 5.87. The van der Waals surface area contributed by atoms with Crippen molar-refractivity contribution in [2.24, 2.45) is 9.98 Å². The SMILES string of the molecule is C1=CC2=Cc3ccc([nH]3)C=C3C=CC(=N3)C3=NC(=CC(=C1)N2)C=C3. The summed E-state index contributed by atoms with van der Waals surface area (Å²) in [6.07, 6.45) is 20.3. The van der Waals surface area contributed by atoms with Crippen molar-refractivity contribution in [3.05, 3.63) is 94.9 Å². The molecule has 0 aliphatic carbocycles. The van der Waals surface area contributed by atoms with Gasteiger partial charge < -0.3 is 10.3 Å². The molecule has 24 heavy (non-hydrogen) atoms. The zero-order valence-corrected chi connectivity index (χ0v) is 12.8. The molecule has 0 saturated carbocycles. The molecule has 0 radical (unpaired) electrons. The number of hydrogen-bond acceptors (Lipinski definition) is 3. The predicted octanol–water partition coefficient (Wildman–Crippen LogP) is 3.66. The first kappa shape index (κ1) is 13.1. The molecule has 5 rings (SSSR count). The van der Waals surface area contributed by atoms with Crippen LogP contribution in [0.2, 0.25) is 0 Å². The van der Waals surface area contributed by atoms with Crippen LogP contribution in [0.3, 0.4) is 0 Å². The summed E-state index contributed by atoms with van der Waals surface area (Å²) in [5, 5.41) is 3.41. The highest BCUT2D eigenvalue weighted by atomic mass is 14.9. The van der Waals surface area contributed by atoms with E-state index in [1.54, 1.807) is 0 Å². The molecular weight excluding hydrogens is 296 g/mol. The molecule has 4 heteroatoms. The number of aromatic nitrogens is 1. The normalized spacial score (nSPS) is 20.2. The molecule has 0 saturated heterocycles. The molecule has 0 atom stereocenters. The fraction of sp³-hybridized carbons (Fsp3) is 0. The monoisotopic (exact) mass is 310 g/mol. The second-order valence-corrected chi connectivity index (χ2v) is 5.87. The third-order valence-electron chi connectivity index (χ3n) is 4.07. The van der Waals surface area contributed by atoms with E-state index in [0.717, 1.165) is 45.6 Å². The van der Waals surface area contributed by atoms with Gasteiger partial charge in [0, 0.05) is 22.8 Å². The number of nitrogens with zero attached hydrogens (tertiary/aromatic N) is 2. The molecule has 2 N–H and O–H groups in total. The lowest BCUT2D eigenvalue weighted by Gasteiger charge is -2.12. The van der Waals surface area contributed by atoms with E-state index in [0.29, 0.717) is 0 Å². The highest BCUT2D eigenvalue weighted by Gasteiger charge is 2.14. The molecule has 5 heterocycles. The molecule has 1 aromatic rings. The molecule has 0 aromatic carbocycles. The van der Waals surface area contributed by atoms with Gasteiger partial charge in [-0.25, -0.2) is 9.98 Å². The minimum absolute atomic E-state index is 0.894. The summed E-state index contributed by atoms with van der Waals surface area (Å²) in [7, 11) is 0. The van der Waals surface area contributed by atoms with Crippen molar-refractivity contribution in [3.63, 3.8) is 0 Å². The van der Waals surface area contributed by atoms with Crippen molar-refractivity contribution >= 4 is 23.6 Å². The summed E-state index contributed by atoms with van der Waals surface area (Å²) in [4.78, 5) is 12.7. The summed E-state index contributed by atoms with van der Waals surface area (Å²) >= 11 is 0. The molecule has 0 unspecified atom stereocenters. The Hall–Kier alpha value is -3.40. The summed E-state index contributed by atoms with van der Waals surface area (Å²) in [5.74, 6) is 0. The van der Waals surface area contributed by atoms with Crippen molar-refractivity contribution in [3.8, 4) is 0 Å². The number of rotatable bonds is 0. The lowest BCUT2D eigenvalue weighted by molar-refractivity contribution is 1.03. The zero-order valence-electron chi connectivity index (χ0n) is 12.8. The number of fused-ring (bicyclic) bond motifs is 7. The van der Waals surface area contributed by atoms with Gasteiger partial charge >= 0.3 is 0 Å². The van der Waals surface area contributed by atoms with Crippen LogP contribution in [0, 0.1) is 0 Å². The summed E-state index contributed by atoms with van der Waals surface area (Å²) in [6.45, 7) is 0. The minimum Gasteiger partial charge on any atom is -0.355 e. The first-order chi connectivity index (χ1) is 11.8. The number of dihydropyridines is 1. The number of allylic oxidation sites excluding steroid dienone is 8. The van der Waals surface area contributed by atoms with Crippen LogP contribution in [0.15, 0.2) is 93.5 Å². The first-order valence-corrected chi connectivity index (χ1v) is 7.85. The molecule has 0 spiro atoms. The summed E-state index contributed by atoms with van der Waals surface area (Å²) in [6, 6.07) is 4.12. The summed E-state index contributed by atoms with van der Waals surface area (Å²) in [5.41, 5.74) is 7.75. The number of aliphatic imine (C=N–C) groups is 2. The van der Waals surface area contributed by atoms with Gasteiger partial charge in [0.2, 0.25) is 0 Å². The standard InChI is InChI=1S/C20H14N4/c1-2-13-10-15-4-5-16(22-15)12-18-7-9-20(24-18)19-8-6-17(23-19)11-14(3-1)21-13/h1-12,21-22H. The quantitative estimate of drug-likeness (QED) is 0.755. The van der Waals surface area contributed by atoms with Crippen LogP contribution in [0.1, 0.15) is 11.4 Å². The van der Waals surface area contributed by atoms with Crippen molar-refractivity contribution in [2.75, 3.05) is 0 Å². The fourth-order valence-corrected chi connectivity index (χ4v) is 2.96. The van der Waals surface area contributed by atoms with Gasteiger partial charge in [0.1, 0.15) is 0 Å². The lowest BCUT2D eigenvalue weighted by atomic mass is 10.2. The van der Waals surface area contributed by atoms with Crippen molar-refractivity contribution in [1.82, 2.24) is 10.3 Å². The van der Waals surface area contributed by atoms with Gasteiger partial charge in [-0.15, -0.1) is 0 Å². The van der Waals surface area contributed by atoms with Crippen molar-refractivity contribution < 1.29 is 0 Å². The molecule has 8 bridgehead atoms. The van der Waals surface area contributed by atoms with E-state index in [-0.39, 0.29) is 0 Å². The topological polar surface area (TPSA) is 52.5 Å². The van der Waals surface area contributed by atoms with Crippen LogP contribution in [-0.4, -0.2) is 16.4 Å². The Morgan fingerprint density at radius 1 is 0.667 bits per heavy atom. The Morgan fingerprint density at radius 3 is 2.17 bits per heavy atom. The van der Waals surface area contributed by atoms with E-state index in [1.807, 2.05) is 54.7 Å². The molecule has 4 aliphatic heterocycles. The number of nitrogens with one attached hydrogen (secondary N) is 2. The van der Waals surface area contributed by atoms with E-state index in [9.17, 15) is 0 Å². The van der Waals surface area contributed by atoms with Gasteiger partial charge in [0.15, 0.2) is 0 Å². The molecule has 4 nitrogen and oxygen atoms in total. The van der Waals surface area contributed by atoms with Gasteiger partial charge in [-0.2, -0.15) is 0 Å². The summed E-state index contributed by atoms with van der Waals surface area (Å²) < 4.78 is 0. The minimum atomic E-state index is 0.894. The van der Waals surface area contributed by atoms with E-state index in [4.69, 9.17) is 0 Å². The van der Waals surface area contributed by atoms with Crippen LogP contribution < -0.4 is 5.32 Å². The van der Waals surface area contributed by atoms with Gasteiger partial charge in [-0.05, 0) is 66.8 Å². The number of hydrogen-bond donors (Lipinski definition) is 2. The zero-order chi connectivity index (χ0) is 15.9. The van der Waals surface area contributed by atoms with E-state index in [1.165, 1.54) is 0 Å². The van der Waals surface area contributed by atoms with Crippen LogP contribution in [0.5, 0.6) is 0 Å². The predicted molar refractivity (Wildman–Crippen MR) is 98.3 cm³/mol. The van der Waals surface area contributed by atoms with Gasteiger partial charge in [-0.3, -0.25) is 0 Å². The molecule has 0 fully saturated rings. The third-order valence-corrected chi connectivity index (χ3v) is 4.07. The Bertz CT molecular complexity index is 1010. The lowest BCUT2D eigenvalue weighted by Crippen LogP contribution is -2.12. The average Bonchev–Trinajstić information content (AvgIpc) is 3.29. The Labute approximate surface area is 139 Å². The van der Waals surface area contributed by atoms with E-state index in [2.05, 4.69) is 38.5 Å². The second kappa shape index (κ2) is 5.06. The molecule has 1 aromatic heterocycles. The molecule has 0 amide bonds. The molecular formula is C20H14N4. The van der Waals surface area contributed by atoms with Crippen molar-refractivity contribution in [2.45, 2.75) is 0 Å². The number of aromatic amines is 1. The Balaban J connectivity index is 1.67. The van der Waals surface area contributed by atoms with Crippen molar-refractivity contribution in [1.29, 1.82) is 0 Å². The number of H-pyrrole nitrogens is 1. The maximum atomic E-state index is 4.66. The Morgan fingerprint density at radius 2 is 1.38 bits per heavy atom. The fourth-order valence-electron chi connectivity index (χ4n) is 2.96. The highest BCUT2D eigenvalue weighted by Crippen LogP contribution is 2.21. The van der Waals surface area contributed by atoms with Gasteiger partial charge in [0.05, 0.1) is 22.8 Å². The van der Waals surface area contributed by atoms with E-state index < -0.39 is 0 Å². The van der Waals surface area contributed by atoms with Crippen LogP contribution in [0.25, 0.3) is 12.2 Å². The first-order valence-electron chi connectivity index (χ1n) is 7.85. The maximum absolute atomic E-state index is 4.66.